The molecule has 5 heteroatoms. The van der Waals surface area contributed by atoms with Crippen LogP contribution in [0.5, 0.6) is 0 Å². The average Bonchev–Trinajstić information content (AvgIpc) is 3.15. The summed E-state index contributed by atoms with van der Waals surface area (Å²) in [5.74, 6) is 1.40. The molecule has 1 fully saturated rings. The van der Waals surface area contributed by atoms with Crippen LogP contribution in [-0.4, -0.2) is 23.1 Å². The number of carbonyl (C=O) groups excluding carboxylic acids is 2. The van der Waals surface area contributed by atoms with E-state index in [0.717, 1.165) is 27.7 Å². The summed E-state index contributed by atoms with van der Waals surface area (Å²) < 4.78 is 5.82. The fourth-order valence-electron chi connectivity index (χ4n) is 2.24. The number of hydrogen-bond donors (Lipinski definition) is 0. The minimum atomic E-state index is -0.262. The predicted molar refractivity (Wildman–Crippen MR) is 100 cm³/mol. The Morgan fingerprint density at radius 2 is 1.79 bits per heavy atom. The summed E-state index contributed by atoms with van der Waals surface area (Å²) in [5, 5.41) is 0. The average molecular weight is 356 g/mol. The minimum Gasteiger partial charge on any atom is -0.472 e. The molecule has 1 aromatic carbocycles. The quantitative estimate of drug-likeness (QED) is 0.332. The number of benzene rings is 1. The molecule has 2 heterocycles. The lowest BCUT2D eigenvalue weighted by Crippen LogP contribution is -2.14. The fourth-order valence-corrected chi connectivity index (χ4v) is 4.88. The Balaban J connectivity index is 1.93. The molecule has 1 aromatic heterocycles. The zero-order valence-corrected chi connectivity index (χ0v) is 14.6. The first-order valence-electron chi connectivity index (χ1n) is 7.60. The summed E-state index contributed by atoms with van der Waals surface area (Å²) in [4.78, 5) is 25.6. The molecule has 1 aliphatic rings. The van der Waals surface area contributed by atoms with E-state index in [4.69, 9.17) is 4.42 Å². The topological polar surface area (TPSA) is 47.3 Å². The SMILES string of the molecule is O=C(/C=C/c1ccoc1)C(C(=O)c1ccccc1)=C1SCCCS1. The molecule has 1 saturated heterocycles. The van der Waals surface area contributed by atoms with Crippen molar-refractivity contribution in [3.05, 3.63) is 75.9 Å². The number of hydrogen-bond acceptors (Lipinski definition) is 5. The first kappa shape index (κ1) is 16.9. The smallest absolute Gasteiger partial charge is 0.198 e. The lowest BCUT2D eigenvalue weighted by atomic mass is 10.0. The molecule has 0 N–H and O–H groups in total. The third-order valence-corrected chi connectivity index (χ3v) is 6.06. The van der Waals surface area contributed by atoms with E-state index in [1.807, 2.05) is 18.2 Å². The van der Waals surface area contributed by atoms with E-state index in [1.54, 1.807) is 60.3 Å². The van der Waals surface area contributed by atoms with Gasteiger partial charge in [-0.05, 0) is 36.1 Å². The number of Topliss-reactive ketones (excluding diaryl/α,β-unsaturated/α-hetero) is 1. The van der Waals surface area contributed by atoms with Crippen LogP contribution in [0.15, 0.2) is 69.2 Å². The van der Waals surface area contributed by atoms with Gasteiger partial charge in [-0.15, -0.1) is 23.5 Å². The number of thioether (sulfide) groups is 2. The van der Waals surface area contributed by atoms with Crippen molar-refractivity contribution in [1.82, 2.24) is 0 Å². The van der Waals surface area contributed by atoms with E-state index in [0.29, 0.717) is 5.56 Å². The molecule has 0 bridgehead atoms. The Bertz CT molecular complexity index is 766. The highest BCUT2D eigenvalue weighted by Gasteiger charge is 2.24. The third kappa shape index (κ3) is 4.10. The second kappa shape index (κ2) is 8.22. The van der Waals surface area contributed by atoms with Gasteiger partial charge in [-0.3, -0.25) is 9.59 Å². The number of ketones is 2. The van der Waals surface area contributed by atoms with Crippen LogP contribution >= 0.6 is 23.5 Å². The van der Waals surface area contributed by atoms with Gasteiger partial charge in [0.1, 0.15) is 0 Å². The largest absolute Gasteiger partial charge is 0.472 e. The molecule has 0 spiro atoms. The summed E-state index contributed by atoms with van der Waals surface area (Å²) >= 11 is 3.19. The second-order valence-electron chi connectivity index (χ2n) is 5.16. The van der Waals surface area contributed by atoms with E-state index >= 15 is 0 Å². The summed E-state index contributed by atoms with van der Waals surface area (Å²) in [7, 11) is 0. The lowest BCUT2D eigenvalue weighted by Gasteiger charge is -2.16. The number of carbonyl (C=O) groups is 2. The predicted octanol–water partition coefficient (Wildman–Crippen LogP) is 4.83. The van der Waals surface area contributed by atoms with Gasteiger partial charge < -0.3 is 4.42 Å². The highest BCUT2D eigenvalue weighted by Crippen LogP contribution is 2.38. The van der Waals surface area contributed by atoms with Crippen LogP contribution in [-0.2, 0) is 4.79 Å². The summed E-state index contributed by atoms with van der Waals surface area (Å²) in [6.45, 7) is 0. The van der Waals surface area contributed by atoms with E-state index in [1.165, 1.54) is 6.08 Å². The molecule has 0 atom stereocenters. The maximum absolute atomic E-state index is 12.9. The van der Waals surface area contributed by atoms with Crippen molar-refractivity contribution in [2.75, 3.05) is 11.5 Å². The molecule has 0 unspecified atom stereocenters. The monoisotopic (exact) mass is 356 g/mol. The molecule has 122 valence electrons. The molecule has 2 aromatic rings. The van der Waals surface area contributed by atoms with E-state index in [2.05, 4.69) is 0 Å². The highest BCUT2D eigenvalue weighted by molar-refractivity contribution is 8.22. The molecule has 0 radical (unpaired) electrons. The van der Waals surface area contributed by atoms with Crippen molar-refractivity contribution in [3.8, 4) is 0 Å². The van der Waals surface area contributed by atoms with Crippen LogP contribution in [0.25, 0.3) is 6.08 Å². The molecule has 24 heavy (non-hydrogen) atoms. The summed E-state index contributed by atoms with van der Waals surface area (Å²) in [6, 6.07) is 10.7. The van der Waals surface area contributed by atoms with Crippen LogP contribution in [0.4, 0.5) is 0 Å². The van der Waals surface area contributed by atoms with Crippen molar-refractivity contribution in [2.45, 2.75) is 6.42 Å². The maximum Gasteiger partial charge on any atom is 0.198 e. The fraction of sp³-hybridized carbons (Fsp3) is 0.158. The van der Waals surface area contributed by atoms with Crippen LogP contribution in [0, 0.1) is 0 Å². The molecule has 3 nitrogen and oxygen atoms in total. The molecule has 0 saturated carbocycles. The molecule has 0 aliphatic carbocycles. The van der Waals surface area contributed by atoms with Gasteiger partial charge in [-0.2, -0.15) is 0 Å². The van der Waals surface area contributed by atoms with Gasteiger partial charge in [-0.1, -0.05) is 30.3 Å². The molecule has 3 rings (SSSR count). The van der Waals surface area contributed by atoms with Crippen molar-refractivity contribution < 1.29 is 14.0 Å². The van der Waals surface area contributed by atoms with Crippen molar-refractivity contribution in [2.24, 2.45) is 0 Å². The Kier molecular flexibility index (Phi) is 5.77. The van der Waals surface area contributed by atoms with Gasteiger partial charge in [0.15, 0.2) is 11.6 Å². The third-order valence-electron chi connectivity index (χ3n) is 3.44. The van der Waals surface area contributed by atoms with E-state index in [-0.39, 0.29) is 17.1 Å². The Morgan fingerprint density at radius 3 is 2.46 bits per heavy atom. The maximum atomic E-state index is 12.9. The standard InChI is InChI=1S/C19H16O3S2/c20-16(8-7-14-9-10-22-13-14)17(19-23-11-4-12-24-19)18(21)15-5-2-1-3-6-15/h1-3,5-10,13H,4,11-12H2/b8-7+. The molecular formula is C19H16O3S2. The van der Waals surface area contributed by atoms with Crippen molar-refractivity contribution in [1.29, 1.82) is 0 Å². The second-order valence-corrected chi connectivity index (χ2v) is 7.63. The van der Waals surface area contributed by atoms with E-state index in [9.17, 15) is 9.59 Å². The first-order chi connectivity index (χ1) is 11.8. The minimum absolute atomic E-state index is 0.214. The lowest BCUT2D eigenvalue weighted by molar-refractivity contribution is -0.111. The normalized spacial score (nSPS) is 14.8. The van der Waals surface area contributed by atoms with Crippen LogP contribution in [0.2, 0.25) is 0 Å². The summed E-state index contributed by atoms with van der Waals surface area (Å²) in [5.41, 5.74) is 1.61. The highest BCUT2D eigenvalue weighted by atomic mass is 32.2. The number of furan rings is 1. The van der Waals surface area contributed by atoms with Gasteiger partial charge in [0, 0.05) is 11.1 Å². The van der Waals surface area contributed by atoms with Crippen LogP contribution in [0.3, 0.4) is 0 Å². The van der Waals surface area contributed by atoms with Gasteiger partial charge >= 0.3 is 0 Å². The molecule has 1 aliphatic heterocycles. The summed E-state index contributed by atoms with van der Waals surface area (Å²) in [6.07, 6.45) is 7.31. The van der Waals surface area contributed by atoms with Crippen molar-refractivity contribution in [3.63, 3.8) is 0 Å². The van der Waals surface area contributed by atoms with Gasteiger partial charge in [0.2, 0.25) is 0 Å². The molecule has 0 amide bonds. The van der Waals surface area contributed by atoms with Crippen LogP contribution in [0.1, 0.15) is 22.3 Å². The number of rotatable bonds is 5. The van der Waals surface area contributed by atoms with Gasteiger partial charge in [-0.25, -0.2) is 0 Å². The van der Waals surface area contributed by atoms with Crippen LogP contribution < -0.4 is 0 Å². The number of allylic oxidation sites excluding steroid dienone is 2. The van der Waals surface area contributed by atoms with Gasteiger partial charge in [0.05, 0.1) is 22.3 Å². The van der Waals surface area contributed by atoms with E-state index < -0.39 is 0 Å². The van der Waals surface area contributed by atoms with Gasteiger partial charge in [0.25, 0.3) is 0 Å². The Morgan fingerprint density at radius 1 is 1.04 bits per heavy atom. The Hall–Kier alpha value is -1.98. The Labute approximate surface area is 149 Å². The molecular weight excluding hydrogens is 340 g/mol. The zero-order chi connectivity index (χ0) is 16.8. The van der Waals surface area contributed by atoms with Crippen molar-refractivity contribution >= 4 is 41.2 Å². The first-order valence-corrected chi connectivity index (χ1v) is 9.57. The zero-order valence-electron chi connectivity index (χ0n) is 12.9.